The number of benzene rings is 1. The molecule has 0 fully saturated rings. The number of hydrogen-bond donors (Lipinski definition) is 2. The Morgan fingerprint density at radius 3 is 2.57 bits per heavy atom. The summed E-state index contributed by atoms with van der Waals surface area (Å²) in [5, 5.41) is 21.3. The number of unbranched alkanes of at least 4 members (excludes halogenated alkanes) is 1. The molecule has 0 saturated carbocycles. The Kier molecular flexibility index (Phi) is 9.03. The molecule has 0 aliphatic carbocycles. The molecule has 30 heavy (non-hydrogen) atoms. The van der Waals surface area contributed by atoms with Gasteiger partial charge in [0.25, 0.3) is 0 Å². The van der Waals surface area contributed by atoms with E-state index in [1.807, 2.05) is 6.92 Å². The molecular formula is C17H19Cl2N5O5S. The SMILES string of the molecule is CCCCOC(=O)C(C(=O)O)C(N)C(=O)Cn1nnnc1Sc1c(Cl)cccc1Cl. The van der Waals surface area contributed by atoms with Gasteiger partial charge in [0, 0.05) is 0 Å². The van der Waals surface area contributed by atoms with E-state index >= 15 is 0 Å². The first-order valence-corrected chi connectivity index (χ1v) is 10.4. The van der Waals surface area contributed by atoms with Crippen molar-refractivity contribution < 1.29 is 24.2 Å². The zero-order valence-electron chi connectivity index (χ0n) is 15.8. The highest BCUT2D eigenvalue weighted by molar-refractivity contribution is 7.99. The predicted octanol–water partition coefficient (Wildman–Crippen LogP) is 2.07. The molecule has 1 aromatic heterocycles. The lowest BCUT2D eigenvalue weighted by Gasteiger charge is -2.18. The summed E-state index contributed by atoms with van der Waals surface area (Å²) >= 11 is 13.3. The number of aliphatic carboxylic acids is 1. The van der Waals surface area contributed by atoms with Gasteiger partial charge in [-0.1, -0.05) is 42.6 Å². The summed E-state index contributed by atoms with van der Waals surface area (Å²) in [7, 11) is 0. The van der Waals surface area contributed by atoms with Crippen molar-refractivity contribution in [1.29, 1.82) is 0 Å². The van der Waals surface area contributed by atoms with E-state index < -0.39 is 36.2 Å². The van der Waals surface area contributed by atoms with Gasteiger partial charge in [0.2, 0.25) is 5.16 Å². The molecule has 0 amide bonds. The number of tetrazole rings is 1. The van der Waals surface area contributed by atoms with Crippen molar-refractivity contribution in [2.24, 2.45) is 11.7 Å². The molecule has 2 unspecified atom stereocenters. The maximum Gasteiger partial charge on any atom is 0.322 e. The molecule has 0 aliphatic rings. The molecule has 2 atom stereocenters. The van der Waals surface area contributed by atoms with Gasteiger partial charge in [-0.2, -0.15) is 0 Å². The van der Waals surface area contributed by atoms with Crippen LogP contribution in [0.4, 0.5) is 0 Å². The molecular weight excluding hydrogens is 457 g/mol. The lowest BCUT2D eigenvalue weighted by Crippen LogP contribution is -2.48. The lowest BCUT2D eigenvalue weighted by atomic mass is 9.97. The maximum absolute atomic E-state index is 12.6. The van der Waals surface area contributed by atoms with Crippen molar-refractivity contribution in [3.05, 3.63) is 28.2 Å². The number of carbonyl (C=O) groups excluding carboxylic acids is 2. The van der Waals surface area contributed by atoms with Gasteiger partial charge in [-0.15, -0.1) is 5.10 Å². The summed E-state index contributed by atoms with van der Waals surface area (Å²) in [6.45, 7) is 1.48. The van der Waals surface area contributed by atoms with Crippen molar-refractivity contribution in [2.75, 3.05) is 6.61 Å². The van der Waals surface area contributed by atoms with Crippen LogP contribution < -0.4 is 5.73 Å². The highest BCUT2D eigenvalue weighted by atomic mass is 35.5. The maximum atomic E-state index is 12.6. The molecule has 0 bridgehead atoms. The highest BCUT2D eigenvalue weighted by Crippen LogP contribution is 2.37. The lowest BCUT2D eigenvalue weighted by molar-refractivity contribution is -0.161. The number of nitrogens with zero attached hydrogens (tertiary/aromatic N) is 4. The number of ether oxygens (including phenoxy) is 1. The zero-order valence-corrected chi connectivity index (χ0v) is 18.2. The van der Waals surface area contributed by atoms with Crippen LogP contribution in [0.3, 0.4) is 0 Å². The third kappa shape index (κ3) is 6.14. The van der Waals surface area contributed by atoms with E-state index in [9.17, 15) is 19.5 Å². The van der Waals surface area contributed by atoms with Crippen LogP contribution in [0.25, 0.3) is 0 Å². The minimum absolute atomic E-state index is 0.0480. The fourth-order valence-electron chi connectivity index (χ4n) is 2.29. The molecule has 0 spiro atoms. The van der Waals surface area contributed by atoms with Crippen molar-refractivity contribution in [3.63, 3.8) is 0 Å². The van der Waals surface area contributed by atoms with Crippen LogP contribution in [0.15, 0.2) is 28.3 Å². The minimum Gasteiger partial charge on any atom is -0.481 e. The number of rotatable bonds is 11. The van der Waals surface area contributed by atoms with Gasteiger partial charge in [0.1, 0.15) is 6.54 Å². The van der Waals surface area contributed by atoms with Gasteiger partial charge in [-0.3, -0.25) is 14.4 Å². The second-order valence-electron chi connectivity index (χ2n) is 6.10. The average molecular weight is 476 g/mol. The predicted molar refractivity (Wildman–Crippen MR) is 108 cm³/mol. The minimum atomic E-state index is -1.83. The van der Waals surface area contributed by atoms with E-state index in [2.05, 4.69) is 15.5 Å². The molecule has 0 aliphatic heterocycles. The Bertz CT molecular complexity index is 905. The number of Topliss-reactive ketones (excluding diaryl/α,β-unsaturated/α-hetero) is 1. The van der Waals surface area contributed by atoms with Crippen LogP contribution in [0, 0.1) is 5.92 Å². The van der Waals surface area contributed by atoms with E-state index in [-0.39, 0.29) is 11.8 Å². The molecule has 162 valence electrons. The Morgan fingerprint density at radius 2 is 1.97 bits per heavy atom. The fourth-order valence-corrected chi connectivity index (χ4v) is 3.71. The van der Waals surface area contributed by atoms with Gasteiger partial charge in [0.05, 0.1) is 27.6 Å². The first-order chi connectivity index (χ1) is 14.3. The number of carbonyl (C=O) groups is 3. The first kappa shape index (κ1) is 24.1. The number of nitrogens with two attached hydrogens (primary N) is 1. The van der Waals surface area contributed by atoms with Gasteiger partial charge in [0.15, 0.2) is 11.7 Å². The Morgan fingerprint density at radius 1 is 1.30 bits per heavy atom. The van der Waals surface area contributed by atoms with Gasteiger partial charge < -0.3 is 15.6 Å². The number of esters is 1. The van der Waals surface area contributed by atoms with Crippen molar-refractivity contribution in [3.8, 4) is 0 Å². The number of carboxylic acids is 1. The summed E-state index contributed by atoms with van der Waals surface area (Å²) in [4.78, 5) is 36.6. The number of ketones is 1. The Balaban J connectivity index is 2.12. The van der Waals surface area contributed by atoms with Crippen molar-refractivity contribution in [2.45, 2.75) is 42.4 Å². The smallest absolute Gasteiger partial charge is 0.322 e. The van der Waals surface area contributed by atoms with Gasteiger partial charge >= 0.3 is 11.9 Å². The van der Waals surface area contributed by atoms with E-state index in [1.54, 1.807) is 18.2 Å². The molecule has 10 nitrogen and oxygen atoms in total. The average Bonchev–Trinajstić information content (AvgIpc) is 3.11. The van der Waals surface area contributed by atoms with Gasteiger partial charge in [-0.05, 0) is 40.7 Å². The molecule has 1 aromatic carbocycles. The third-order valence-electron chi connectivity index (χ3n) is 3.91. The molecule has 2 rings (SSSR count). The van der Waals surface area contributed by atoms with E-state index in [0.717, 1.165) is 22.9 Å². The van der Waals surface area contributed by atoms with Crippen LogP contribution in [0.5, 0.6) is 0 Å². The summed E-state index contributed by atoms with van der Waals surface area (Å²) in [6.07, 6.45) is 1.32. The van der Waals surface area contributed by atoms with E-state index in [4.69, 9.17) is 33.7 Å². The standard InChI is InChI=1S/C17H19Cl2N5O5S/c1-2-3-7-29-16(28)12(15(26)27)13(20)11(25)8-24-17(21-22-23-24)30-14-9(18)5-4-6-10(14)19/h4-6,12-13H,2-3,7-8,20H2,1H3,(H,26,27). The molecule has 3 N–H and O–H groups in total. The molecule has 1 heterocycles. The molecule has 0 saturated heterocycles. The third-order valence-corrected chi connectivity index (χ3v) is 5.88. The van der Waals surface area contributed by atoms with Crippen LogP contribution in [0.2, 0.25) is 10.0 Å². The van der Waals surface area contributed by atoms with Crippen LogP contribution in [-0.2, 0) is 25.7 Å². The monoisotopic (exact) mass is 475 g/mol. The number of halogens is 2. The quantitative estimate of drug-likeness (QED) is 0.280. The Hall–Kier alpha value is -2.21. The van der Waals surface area contributed by atoms with Crippen molar-refractivity contribution in [1.82, 2.24) is 20.2 Å². The fraction of sp³-hybridized carbons (Fsp3) is 0.412. The largest absolute Gasteiger partial charge is 0.481 e. The summed E-state index contributed by atoms with van der Waals surface area (Å²) in [5.41, 5.74) is 5.77. The van der Waals surface area contributed by atoms with Crippen molar-refractivity contribution >= 4 is 52.7 Å². The number of hydrogen-bond acceptors (Lipinski definition) is 9. The van der Waals surface area contributed by atoms with Crippen LogP contribution >= 0.6 is 35.0 Å². The molecule has 13 heteroatoms. The summed E-state index contributed by atoms with van der Waals surface area (Å²) in [6, 6.07) is 3.30. The Labute approximate surface area is 186 Å². The summed E-state index contributed by atoms with van der Waals surface area (Å²) < 4.78 is 6.03. The van der Waals surface area contributed by atoms with E-state index in [1.165, 1.54) is 0 Å². The molecule has 0 radical (unpaired) electrons. The summed E-state index contributed by atoms with van der Waals surface area (Å²) in [5.74, 6) is -5.20. The second-order valence-corrected chi connectivity index (χ2v) is 7.89. The zero-order chi connectivity index (χ0) is 22.3. The topological polar surface area (TPSA) is 150 Å². The van der Waals surface area contributed by atoms with Crippen LogP contribution in [0.1, 0.15) is 19.8 Å². The number of aromatic nitrogens is 4. The van der Waals surface area contributed by atoms with E-state index in [0.29, 0.717) is 21.4 Å². The highest BCUT2D eigenvalue weighted by Gasteiger charge is 2.38. The second kappa shape index (κ2) is 11.3. The van der Waals surface area contributed by atoms with Gasteiger partial charge in [-0.25, -0.2) is 4.68 Å². The number of carboxylic acid groups (broad SMARTS) is 1. The first-order valence-electron chi connectivity index (χ1n) is 8.82. The normalized spacial score (nSPS) is 12.9. The molecule has 2 aromatic rings. The van der Waals surface area contributed by atoms with Crippen LogP contribution in [-0.4, -0.2) is 55.7 Å².